The van der Waals surface area contributed by atoms with Crippen LogP contribution in [0.1, 0.15) is 0 Å². The Labute approximate surface area is 30.9 Å². The predicted octanol–water partition coefficient (Wildman–Crippen LogP) is 0.0168. The zero-order valence-electron chi connectivity index (χ0n) is 2.94. The van der Waals surface area contributed by atoms with Crippen LogP contribution in [-0.2, 0) is 0 Å². The Morgan fingerprint density at radius 2 is 2.20 bits per heavy atom. The van der Waals surface area contributed by atoms with E-state index in [9.17, 15) is 0 Å². The molecule has 2 nitrogen and oxygen atoms in total. The van der Waals surface area contributed by atoms with Gasteiger partial charge in [-0.05, 0) is 0 Å². The Bertz CT molecular complexity index is 42.2. The van der Waals surface area contributed by atoms with Gasteiger partial charge in [-0.3, -0.25) is 0 Å². The summed E-state index contributed by atoms with van der Waals surface area (Å²) in [5.74, 6) is 0.0324. The van der Waals surface area contributed by atoms with Gasteiger partial charge in [0.15, 0.2) is 0 Å². The summed E-state index contributed by atoms with van der Waals surface area (Å²) in [6.07, 6.45) is 0. The first-order valence-corrected chi connectivity index (χ1v) is 1.34. The number of aliphatic hydroxyl groups is 1. The van der Waals surface area contributed by atoms with Crippen LogP contribution in [0, 0.1) is 0 Å². The summed E-state index contributed by atoms with van der Waals surface area (Å²) in [6.45, 7) is 3.27. The lowest BCUT2D eigenvalue weighted by Gasteiger charge is -1.81. The SMILES string of the molecule is C=C(O)CN. The van der Waals surface area contributed by atoms with Crippen LogP contribution in [0.5, 0.6) is 0 Å². The summed E-state index contributed by atoms with van der Waals surface area (Å²) >= 11 is 0. The van der Waals surface area contributed by atoms with Crippen LogP contribution >= 0.6 is 0 Å². The predicted molar refractivity (Wildman–Crippen MR) is 20.8 cm³/mol. The van der Waals surface area contributed by atoms with Gasteiger partial charge in [0.2, 0.25) is 0 Å². The molecule has 0 saturated heterocycles. The first kappa shape index (κ1) is 4.50. The van der Waals surface area contributed by atoms with E-state index in [-0.39, 0.29) is 12.3 Å². The van der Waals surface area contributed by atoms with Crippen LogP contribution in [0.15, 0.2) is 12.3 Å². The minimum absolute atomic E-state index is 0.0324. The molecule has 0 aliphatic carbocycles. The molecule has 0 rings (SSSR count). The van der Waals surface area contributed by atoms with Crippen molar-refractivity contribution in [2.45, 2.75) is 0 Å². The maximum atomic E-state index is 8.04. The van der Waals surface area contributed by atoms with Crippen molar-refractivity contribution < 1.29 is 5.11 Å². The number of nitrogens with two attached hydrogens (primary N) is 1. The van der Waals surface area contributed by atoms with E-state index in [0.29, 0.717) is 0 Å². The van der Waals surface area contributed by atoms with Gasteiger partial charge in [-0.2, -0.15) is 0 Å². The van der Waals surface area contributed by atoms with Crippen molar-refractivity contribution in [1.29, 1.82) is 0 Å². The van der Waals surface area contributed by atoms with E-state index in [1.165, 1.54) is 0 Å². The highest BCUT2D eigenvalue weighted by molar-refractivity contribution is 4.78. The molecule has 0 saturated carbocycles. The largest absolute Gasteiger partial charge is 0.512 e. The summed E-state index contributed by atoms with van der Waals surface area (Å²) in [5.41, 5.74) is 4.82. The molecule has 2 heteroatoms. The molecule has 5 heavy (non-hydrogen) atoms. The van der Waals surface area contributed by atoms with Crippen molar-refractivity contribution in [3.63, 3.8) is 0 Å². The van der Waals surface area contributed by atoms with Crippen LogP contribution < -0.4 is 5.73 Å². The lowest BCUT2D eigenvalue weighted by molar-refractivity contribution is 0.406. The molecule has 0 radical (unpaired) electrons. The highest BCUT2D eigenvalue weighted by Gasteiger charge is 1.70. The monoisotopic (exact) mass is 73.1 g/mol. The van der Waals surface area contributed by atoms with E-state index in [1.54, 1.807) is 0 Å². The van der Waals surface area contributed by atoms with Crippen LogP contribution in [0.4, 0.5) is 0 Å². The fourth-order valence-corrected chi connectivity index (χ4v) is 0. The Hall–Kier alpha value is -0.500. The fourth-order valence-electron chi connectivity index (χ4n) is 0. The molecular formula is C3H7NO. The minimum atomic E-state index is 0.0324. The number of aliphatic hydroxyl groups excluding tert-OH is 1. The Kier molecular flexibility index (Phi) is 1.61. The molecule has 0 aliphatic rings. The normalized spacial score (nSPS) is 7.40. The maximum absolute atomic E-state index is 8.04. The lowest BCUT2D eigenvalue weighted by atomic mass is 10.6. The third-order valence-corrected chi connectivity index (χ3v) is 0.236. The topological polar surface area (TPSA) is 46.2 Å². The third-order valence-electron chi connectivity index (χ3n) is 0.236. The Morgan fingerprint density at radius 3 is 2.20 bits per heavy atom. The van der Waals surface area contributed by atoms with Gasteiger partial charge in [0.05, 0.1) is 12.3 Å². The fraction of sp³-hybridized carbons (Fsp3) is 0.333. The summed E-state index contributed by atoms with van der Waals surface area (Å²) < 4.78 is 0. The van der Waals surface area contributed by atoms with Crippen molar-refractivity contribution in [3.8, 4) is 0 Å². The van der Waals surface area contributed by atoms with Gasteiger partial charge < -0.3 is 10.8 Å². The van der Waals surface area contributed by atoms with E-state index >= 15 is 0 Å². The van der Waals surface area contributed by atoms with Gasteiger partial charge in [-0.1, -0.05) is 6.58 Å². The molecule has 0 aromatic heterocycles. The van der Waals surface area contributed by atoms with E-state index in [0.717, 1.165) is 0 Å². The van der Waals surface area contributed by atoms with Gasteiger partial charge in [-0.25, -0.2) is 0 Å². The highest BCUT2D eigenvalue weighted by Crippen LogP contribution is 1.67. The second kappa shape index (κ2) is 1.79. The van der Waals surface area contributed by atoms with Crippen molar-refractivity contribution in [1.82, 2.24) is 0 Å². The molecule has 0 aromatic rings. The molecule has 0 unspecified atom stereocenters. The van der Waals surface area contributed by atoms with E-state index in [1.807, 2.05) is 0 Å². The van der Waals surface area contributed by atoms with Crippen molar-refractivity contribution >= 4 is 0 Å². The molecule has 30 valence electrons. The summed E-state index contributed by atoms with van der Waals surface area (Å²) in [7, 11) is 0. The number of rotatable bonds is 1. The molecule has 0 bridgehead atoms. The van der Waals surface area contributed by atoms with Crippen LogP contribution in [0.2, 0.25) is 0 Å². The van der Waals surface area contributed by atoms with E-state index < -0.39 is 0 Å². The second-order valence-corrected chi connectivity index (χ2v) is 0.770. The average Bonchev–Trinajstić information content (AvgIpc) is 1.38. The highest BCUT2D eigenvalue weighted by atomic mass is 16.3. The van der Waals surface area contributed by atoms with Gasteiger partial charge in [0, 0.05) is 0 Å². The van der Waals surface area contributed by atoms with E-state index in [4.69, 9.17) is 10.8 Å². The first-order chi connectivity index (χ1) is 2.27. The molecule has 0 fully saturated rings. The lowest BCUT2D eigenvalue weighted by Crippen LogP contribution is -1.99. The van der Waals surface area contributed by atoms with Crippen LogP contribution in [0.25, 0.3) is 0 Å². The molecule has 0 aromatic carbocycles. The quantitative estimate of drug-likeness (QED) is 0.430. The van der Waals surface area contributed by atoms with Gasteiger partial charge >= 0.3 is 0 Å². The minimum Gasteiger partial charge on any atom is -0.512 e. The number of hydrogen-bond acceptors (Lipinski definition) is 2. The molecule has 0 heterocycles. The molecule has 0 amide bonds. The van der Waals surface area contributed by atoms with Crippen LogP contribution in [0.3, 0.4) is 0 Å². The summed E-state index contributed by atoms with van der Waals surface area (Å²) in [4.78, 5) is 0. The standard InChI is InChI=1S/C3H7NO/c1-3(5)2-4/h5H,1-2,4H2. The summed E-state index contributed by atoms with van der Waals surface area (Å²) in [5, 5.41) is 8.04. The smallest absolute Gasteiger partial charge is 0.0986 e. The molecule has 0 aliphatic heterocycles. The number of hydrogen-bond donors (Lipinski definition) is 2. The maximum Gasteiger partial charge on any atom is 0.0986 e. The molecule has 3 N–H and O–H groups in total. The Morgan fingerprint density at radius 1 is 2.00 bits per heavy atom. The van der Waals surface area contributed by atoms with Gasteiger partial charge in [0.1, 0.15) is 0 Å². The van der Waals surface area contributed by atoms with Crippen molar-refractivity contribution in [2.24, 2.45) is 5.73 Å². The molecular weight excluding hydrogens is 66.0 g/mol. The van der Waals surface area contributed by atoms with Crippen molar-refractivity contribution in [3.05, 3.63) is 12.3 Å². The van der Waals surface area contributed by atoms with Gasteiger partial charge in [-0.15, -0.1) is 0 Å². The van der Waals surface area contributed by atoms with Gasteiger partial charge in [0.25, 0.3) is 0 Å². The summed E-state index contributed by atoms with van der Waals surface area (Å²) in [6, 6.07) is 0. The third kappa shape index (κ3) is 3.50. The average molecular weight is 73.1 g/mol. The zero-order chi connectivity index (χ0) is 4.28. The first-order valence-electron chi connectivity index (χ1n) is 1.34. The zero-order valence-corrected chi connectivity index (χ0v) is 2.94. The second-order valence-electron chi connectivity index (χ2n) is 0.770. The van der Waals surface area contributed by atoms with Crippen molar-refractivity contribution in [2.75, 3.05) is 6.54 Å². The molecule has 0 atom stereocenters. The van der Waals surface area contributed by atoms with E-state index in [2.05, 4.69) is 6.58 Å². The Balaban J connectivity index is 2.85. The van der Waals surface area contributed by atoms with Crippen LogP contribution in [-0.4, -0.2) is 11.7 Å². The molecule has 0 spiro atoms.